The molecule has 0 saturated heterocycles. The molecular weight excluding hydrogens is 374 g/mol. The Hall–Kier alpha value is -4.37. The molecule has 3 heterocycles. The zero-order valence-electron chi connectivity index (χ0n) is 15.9. The molecule has 1 unspecified atom stereocenters. The van der Waals surface area contributed by atoms with Crippen molar-refractivity contribution in [2.75, 3.05) is 0 Å². The number of fused-ring (bicyclic) bond motifs is 1. The predicted octanol–water partition coefficient (Wildman–Crippen LogP) is 4.15. The van der Waals surface area contributed by atoms with E-state index >= 15 is 0 Å². The number of aromatic nitrogens is 3. The predicted molar refractivity (Wildman–Crippen MR) is 113 cm³/mol. The van der Waals surface area contributed by atoms with Crippen LogP contribution in [-0.2, 0) is 0 Å². The molecule has 0 bridgehead atoms. The number of hydrogen-bond acceptors (Lipinski definition) is 5. The summed E-state index contributed by atoms with van der Waals surface area (Å²) < 4.78 is 7.73. The van der Waals surface area contributed by atoms with E-state index in [0.29, 0.717) is 11.5 Å². The third-order valence-corrected chi connectivity index (χ3v) is 5.11. The van der Waals surface area contributed by atoms with E-state index in [1.54, 1.807) is 17.1 Å². The highest BCUT2D eigenvalue weighted by molar-refractivity contribution is 5.72. The number of ether oxygens (including phenoxy) is 1. The minimum absolute atomic E-state index is 0.0792. The van der Waals surface area contributed by atoms with Crippen LogP contribution in [0.1, 0.15) is 17.0 Å². The first-order chi connectivity index (χ1) is 14.8. The smallest absolute Gasteiger partial charge is 0.229 e. The second kappa shape index (κ2) is 7.22. The summed E-state index contributed by atoms with van der Waals surface area (Å²) in [6.45, 7) is 0. The Morgan fingerprint density at radius 2 is 1.70 bits per heavy atom. The van der Waals surface area contributed by atoms with Crippen LogP contribution in [0.4, 0.5) is 0 Å². The number of nitriles is 1. The van der Waals surface area contributed by atoms with Crippen molar-refractivity contribution < 1.29 is 4.74 Å². The molecule has 6 heteroatoms. The standard InChI is InChI=1S/C24H17N5O/c25-14-19-20(17-10-7-13-27-15-17)21-22(16-8-3-1-4-9-16)28-29(24(21)30-23(19)26)18-11-5-2-6-12-18/h1-13,15,20H,26H2. The van der Waals surface area contributed by atoms with Gasteiger partial charge in [-0.25, -0.2) is 0 Å². The Morgan fingerprint density at radius 1 is 0.967 bits per heavy atom. The third kappa shape index (κ3) is 2.81. The van der Waals surface area contributed by atoms with Crippen molar-refractivity contribution in [2.45, 2.75) is 5.92 Å². The largest absolute Gasteiger partial charge is 0.422 e. The van der Waals surface area contributed by atoms with E-state index in [-0.39, 0.29) is 5.88 Å². The molecule has 144 valence electrons. The zero-order valence-corrected chi connectivity index (χ0v) is 15.9. The van der Waals surface area contributed by atoms with Gasteiger partial charge in [0.1, 0.15) is 17.3 Å². The lowest BCUT2D eigenvalue weighted by atomic mass is 9.83. The molecule has 6 nitrogen and oxygen atoms in total. The molecule has 2 N–H and O–H groups in total. The first kappa shape index (κ1) is 17.7. The highest BCUT2D eigenvalue weighted by Gasteiger charge is 2.37. The van der Waals surface area contributed by atoms with E-state index in [0.717, 1.165) is 28.1 Å². The van der Waals surface area contributed by atoms with Gasteiger partial charge < -0.3 is 10.5 Å². The first-order valence-electron chi connectivity index (χ1n) is 9.49. The maximum atomic E-state index is 9.89. The lowest BCUT2D eigenvalue weighted by molar-refractivity contribution is 0.367. The number of allylic oxidation sites excluding steroid dienone is 1. The molecule has 2 aromatic carbocycles. The van der Waals surface area contributed by atoms with Crippen molar-refractivity contribution in [3.63, 3.8) is 0 Å². The maximum Gasteiger partial charge on any atom is 0.229 e. The van der Waals surface area contributed by atoms with Gasteiger partial charge in [0, 0.05) is 18.0 Å². The lowest BCUT2D eigenvalue weighted by Gasteiger charge is -2.25. The van der Waals surface area contributed by atoms with Crippen molar-refractivity contribution in [1.82, 2.24) is 14.8 Å². The number of benzene rings is 2. The average molecular weight is 391 g/mol. The molecule has 0 aliphatic carbocycles. The number of nitrogens with two attached hydrogens (primary N) is 1. The van der Waals surface area contributed by atoms with Crippen molar-refractivity contribution in [2.24, 2.45) is 5.73 Å². The van der Waals surface area contributed by atoms with Gasteiger partial charge >= 0.3 is 0 Å². The molecule has 30 heavy (non-hydrogen) atoms. The fourth-order valence-electron chi connectivity index (χ4n) is 3.77. The first-order valence-corrected chi connectivity index (χ1v) is 9.49. The van der Waals surface area contributed by atoms with Gasteiger partial charge in [0.25, 0.3) is 0 Å². The number of nitrogens with zero attached hydrogens (tertiary/aromatic N) is 4. The maximum absolute atomic E-state index is 9.89. The fraction of sp³-hybridized carbons (Fsp3) is 0.0417. The van der Waals surface area contributed by atoms with Gasteiger partial charge in [-0.3, -0.25) is 4.98 Å². The molecule has 5 rings (SSSR count). The van der Waals surface area contributed by atoms with E-state index in [4.69, 9.17) is 15.6 Å². The van der Waals surface area contributed by atoms with E-state index < -0.39 is 5.92 Å². The van der Waals surface area contributed by atoms with Gasteiger partial charge in [0.05, 0.1) is 17.2 Å². The van der Waals surface area contributed by atoms with E-state index in [2.05, 4.69) is 11.1 Å². The van der Waals surface area contributed by atoms with Gasteiger partial charge in [-0.05, 0) is 23.8 Å². The van der Waals surface area contributed by atoms with Crippen LogP contribution in [0.3, 0.4) is 0 Å². The molecule has 0 spiro atoms. The molecule has 4 aromatic rings. The molecule has 0 saturated carbocycles. The van der Waals surface area contributed by atoms with Crippen LogP contribution in [-0.4, -0.2) is 14.8 Å². The molecule has 2 aromatic heterocycles. The van der Waals surface area contributed by atoms with E-state index in [1.165, 1.54) is 0 Å². The molecule has 1 aliphatic heterocycles. The minimum atomic E-state index is -0.430. The highest BCUT2D eigenvalue weighted by Crippen LogP contribution is 2.47. The summed E-state index contributed by atoms with van der Waals surface area (Å²) in [5.74, 6) is 0.154. The Kier molecular flexibility index (Phi) is 4.26. The van der Waals surface area contributed by atoms with Gasteiger partial charge in [-0.1, -0.05) is 54.6 Å². The lowest BCUT2D eigenvalue weighted by Crippen LogP contribution is -2.22. The van der Waals surface area contributed by atoms with Crippen molar-refractivity contribution in [1.29, 1.82) is 5.26 Å². The van der Waals surface area contributed by atoms with Crippen LogP contribution in [0.15, 0.2) is 96.6 Å². The Bertz CT molecular complexity index is 1270. The van der Waals surface area contributed by atoms with Gasteiger partial charge in [-0.15, -0.1) is 0 Å². The number of hydrogen-bond donors (Lipinski definition) is 1. The Balaban J connectivity index is 1.84. The molecule has 1 atom stereocenters. The quantitative estimate of drug-likeness (QED) is 0.567. The van der Waals surface area contributed by atoms with Crippen LogP contribution in [0, 0.1) is 11.3 Å². The van der Waals surface area contributed by atoms with Crippen LogP contribution in [0.25, 0.3) is 16.9 Å². The van der Waals surface area contributed by atoms with Crippen molar-refractivity contribution in [3.8, 4) is 28.9 Å². The Labute approximate surface area is 173 Å². The molecule has 0 amide bonds. The van der Waals surface area contributed by atoms with Crippen LogP contribution < -0.4 is 10.5 Å². The highest BCUT2D eigenvalue weighted by atomic mass is 16.5. The molecule has 0 fully saturated rings. The second-order valence-corrected chi connectivity index (χ2v) is 6.89. The van der Waals surface area contributed by atoms with Crippen LogP contribution >= 0.6 is 0 Å². The summed E-state index contributed by atoms with van der Waals surface area (Å²) in [6, 6.07) is 25.6. The van der Waals surface area contributed by atoms with Gasteiger partial charge in [-0.2, -0.15) is 15.0 Å². The zero-order chi connectivity index (χ0) is 20.5. The molecule has 0 radical (unpaired) electrons. The monoisotopic (exact) mass is 391 g/mol. The topological polar surface area (TPSA) is 89.8 Å². The Morgan fingerprint density at radius 3 is 2.37 bits per heavy atom. The summed E-state index contributed by atoms with van der Waals surface area (Å²) in [5, 5.41) is 14.8. The fourth-order valence-corrected chi connectivity index (χ4v) is 3.77. The van der Waals surface area contributed by atoms with E-state index in [1.807, 2.05) is 72.8 Å². The number of rotatable bonds is 3. The number of para-hydroxylation sites is 1. The molecular formula is C24H17N5O. The summed E-state index contributed by atoms with van der Waals surface area (Å²) in [4.78, 5) is 4.25. The summed E-state index contributed by atoms with van der Waals surface area (Å²) in [7, 11) is 0. The van der Waals surface area contributed by atoms with Gasteiger partial charge in [0.15, 0.2) is 0 Å². The van der Waals surface area contributed by atoms with Crippen LogP contribution in [0.2, 0.25) is 0 Å². The normalized spacial score (nSPS) is 15.2. The summed E-state index contributed by atoms with van der Waals surface area (Å²) in [5.41, 5.74) is 10.7. The SMILES string of the molecule is N#CC1=C(N)Oc2c(c(-c3ccccc3)nn2-c2ccccc2)C1c1cccnc1. The van der Waals surface area contributed by atoms with Gasteiger partial charge in [0.2, 0.25) is 11.8 Å². The average Bonchev–Trinajstić information content (AvgIpc) is 3.19. The van der Waals surface area contributed by atoms with Crippen molar-refractivity contribution in [3.05, 3.63) is 108 Å². The number of pyridine rings is 1. The second-order valence-electron chi connectivity index (χ2n) is 6.89. The third-order valence-electron chi connectivity index (χ3n) is 5.11. The molecule has 1 aliphatic rings. The summed E-state index contributed by atoms with van der Waals surface area (Å²) in [6.07, 6.45) is 3.45. The van der Waals surface area contributed by atoms with Crippen molar-refractivity contribution >= 4 is 0 Å². The summed E-state index contributed by atoms with van der Waals surface area (Å²) >= 11 is 0. The minimum Gasteiger partial charge on any atom is -0.422 e. The van der Waals surface area contributed by atoms with Crippen LogP contribution in [0.5, 0.6) is 5.88 Å². The van der Waals surface area contributed by atoms with E-state index in [9.17, 15) is 5.26 Å².